The minimum Gasteiger partial charge on any atom is -0.393 e. The molecule has 17 heavy (non-hydrogen) atoms. The number of ether oxygens (including phenoxy) is 1. The summed E-state index contributed by atoms with van der Waals surface area (Å²) in [6.07, 6.45) is -3.16. The second-order valence-electron chi connectivity index (χ2n) is 3.97. The van der Waals surface area contributed by atoms with Gasteiger partial charge >= 0.3 is 0 Å². The minimum absolute atomic E-state index is 0.235. The molecule has 4 unspecified atom stereocenters. The zero-order valence-corrected chi connectivity index (χ0v) is 9.29. The van der Waals surface area contributed by atoms with Crippen LogP contribution in [0, 0.1) is 0 Å². The molecule has 0 aromatic carbocycles. The molecule has 1 saturated heterocycles. The molecule has 4 atom stereocenters. The van der Waals surface area contributed by atoms with Gasteiger partial charge in [-0.2, -0.15) is 0 Å². The molecule has 2 amide bonds. The largest absolute Gasteiger partial charge is 0.393 e. The first-order chi connectivity index (χ1) is 7.85. The van der Waals surface area contributed by atoms with Crippen molar-refractivity contribution in [3.05, 3.63) is 0 Å². The van der Waals surface area contributed by atoms with Crippen LogP contribution in [-0.2, 0) is 14.3 Å². The van der Waals surface area contributed by atoms with E-state index in [-0.39, 0.29) is 6.61 Å². The molecule has 0 bridgehead atoms. The number of nitrogens with two attached hydrogens (primary N) is 1. The van der Waals surface area contributed by atoms with Gasteiger partial charge in [-0.1, -0.05) is 0 Å². The first kappa shape index (κ1) is 13.8. The van der Waals surface area contributed by atoms with E-state index < -0.39 is 42.3 Å². The molecule has 98 valence electrons. The Morgan fingerprint density at radius 2 is 2.12 bits per heavy atom. The molecule has 1 fully saturated rings. The summed E-state index contributed by atoms with van der Waals surface area (Å²) >= 11 is 0. The van der Waals surface area contributed by atoms with Crippen LogP contribution >= 0.6 is 0 Å². The van der Waals surface area contributed by atoms with E-state index in [1.54, 1.807) is 0 Å². The molecule has 1 aliphatic rings. The fourth-order valence-corrected chi connectivity index (χ4v) is 1.74. The van der Waals surface area contributed by atoms with Gasteiger partial charge in [0.25, 0.3) is 5.91 Å². The summed E-state index contributed by atoms with van der Waals surface area (Å²) in [5.74, 6) is -1.49. The van der Waals surface area contributed by atoms with Gasteiger partial charge < -0.3 is 31.1 Å². The van der Waals surface area contributed by atoms with Crippen LogP contribution in [0.4, 0.5) is 0 Å². The SMILES string of the molecule is CC(=O)NC1COC(CO)(C(N)=O)C(O)C1O. The highest BCUT2D eigenvalue weighted by atomic mass is 16.5. The Morgan fingerprint density at radius 1 is 1.53 bits per heavy atom. The Bertz CT molecular complexity index is 323. The molecule has 1 rings (SSSR count). The summed E-state index contributed by atoms with van der Waals surface area (Å²) in [4.78, 5) is 22.0. The number of carbonyl (C=O) groups is 2. The maximum atomic E-state index is 11.2. The normalized spacial score (nSPS) is 37.5. The van der Waals surface area contributed by atoms with Crippen molar-refractivity contribution in [1.29, 1.82) is 0 Å². The van der Waals surface area contributed by atoms with Crippen molar-refractivity contribution in [3.8, 4) is 0 Å². The third-order valence-electron chi connectivity index (χ3n) is 2.77. The lowest BCUT2D eigenvalue weighted by Crippen LogP contribution is -2.70. The van der Waals surface area contributed by atoms with Crippen LogP contribution in [0.3, 0.4) is 0 Å². The highest BCUT2D eigenvalue weighted by Gasteiger charge is 2.53. The van der Waals surface area contributed by atoms with Crippen LogP contribution < -0.4 is 11.1 Å². The molecule has 1 heterocycles. The van der Waals surface area contributed by atoms with Crippen LogP contribution in [0.15, 0.2) is 0 Å². The lowest BCUT2D eigenvalue weighted by molar-refractivity contribution is -0.218. The molecule has 0 spiro atoms. The minimum atomic E-state index is -2.03. The molecule has 0 radical (unpaired) electrons. The van der Waals surface area contributed by atoms with Gasteiger partial charge in [-0.05, 0) is 0 Å². The third kappa shape index (κ3) is 2.39. The lowest BCUT2D eigenvalue weighted by atomic mass is 9.86. The van der Waals surface area contributed by atoms with Gasteiger partial charge in [-0.25, -0.2) is 0 Å². The van der Waals surface area contributed by atoms with Gasteiger partial charge in [-0.3, -0.25) is 9.59 Å². The van der Waals surface area contributed by atoms with E-state index >= 15 is 0 Å². The second-order valence-corrected chi connectivity index (χ2v) is 3.97. The van der Waals surface area contributed by atoms with E-state index in [1.807, 2.05) is 0 Å². The summed E-state index contributed by atoms with van der Waals surface area (Å²) in [7, 11) is 0. The zero-order chi connectivity index (χ0) is 13.2. The molecule has 1 aliphatic heterocycles. The molecule has 0 aliphatic carbocycles. The van der Waals surface area contributed by atoms with E-state index in [4.69, 9.17) is 15.6 Å². The van der Waals surface area contributed by atoms with Gasteiger partial charge in [0.15, 0.2) is 5.60 Å². The topological polar surface area (TPSA) is 142 Å². The second kappa shape index (κ2) is 4.96. The van der Waals surface area contributed by atoms with Gasteiger partial charge in [0, 0.05) is 6.92 Å². The molecule has 8 heteroatoms. The number of amides is 2. The Kier molecular flexibility index (Phi) is 4.04. The van der Waals surface area contributed by atoms with E-state index in [0.717, 1.165) is 0 Å². The monoisotopic (exact) mass is 248 g/mol. The van der Waals surface area contributed by atoms with Crippen molar-refractivity contribution in [1.82, 2.24) is 5.32 Å². The fraction of sp³-hybridized carbons (Fsp3) is 0.778. The fourth-order valence-electron chi connectivity index (χ4n) is 1.74. The lowest BCUT2D eigenvalue weighted by Gasteiger charge is -2.43. The van der Waals surface area contributed by atoms with Crippen molar-refractivity contribution in [2.24, 2.45) is 5.73 Å². The Hall–Kier alpha value is -1.22. The highest BCUT2D eigenvalue weighted by molar-refractivity contribution is 5.85. The number of primary amides is 1. The number of nitrogens with one attached hydrogen (secondary N) is 1. The molecular weight excluding hydrogens is 232 g/mol. The maximum absolute atomic E-state index is 11.2. The van der Waals surface area contributed by atoms with Crippen LogP contribution in [-0.4, -0.2) is 64.2 Å². The van der Waals surface area contributed by atoms with E-state index in [9.17, 15) is 19.8 Å². The highest BCUT2D eigenvalue weighted by Crippen LogP contribution is 2.25. The average Bonchev–Trinajstić information content (AvgIpc) is 2.25. The molecule has 0 aromatic heterocycles. The Balaban J connectivity index is 2.87. The number of aliphatic hydroxyl groups excluding tert-OH is 3. The zero-order valence-electron chi connectivity index (χ0n) is 9.29. The molecule has 0 aromatic rings. The standard InChI is InChI=1S/C9H16N2O6/c1-4(13)11-5-2-17-9(3-12,8(10)16)7(15)6(5)14/h5-7,12,14-15H,2-3H2,1H3,(H2,10,16)(H,11,13). The first-order valence-electron chi connectivity index (χ1n) is 5.03. The maximum Gasteiger partial charge on any atom is 0.254 e. The quantitative estimate of drug-likeness (QED) is 0.350. The number of hydrogen-bond donors (Lipinski definition) is 5. The Labute approximate surface area is 97.4 Å². The van der Waals surface area contributed by atoms with E-state index in [0.29, 0.717) is 0 Å². The van der Waals surface area contributed by atoms with Gasteiger partial charge in [0.1, 0.15) is 12.2 Å². The average molecular weight is 248 g/mol. The number of aliphatic hydroxyl groups is 3. The van der Waals surface area contributed by atoms with Crippen LogP contribution in [0.5, 0.6) is 0 Å². The predicted molar refractivity (Wildman–Crippen MR) is 54.6 cm³/mol. The van der Waals surface area contributed by atoms with Crippen molar-refractivity contribution < 1.29 is 29.6 Å². The van der Waals surface area contributed by atoms with Crippen molar-refractivity contribution in [3.63, 3.8) is 0 Å². The molecule has 8 nitrogen and oxygen atoms in total. The van der Waals surface area contributed by atoms with Crippen molar-refractivity contribution >= 4 is 11.8 Å². The number of hydrogen-bond acceptors (Lipinski definition) is 6. The van der Waals surface area contributed by atoms with Gasteiger partial charge in [0.05, 0.1) is 19.3 Å². The first-order valence-corrected chi connectivity index (χ1v) is 5.03. The van der Waals surface area contributed by atoms with Crippen LogP contribution in [0.1, 0.15) is 6.92 Å². The van der Waals surface area contributed by atoms with Gasteiger partial charge in [-0.15, -0.1) is 0 Å². The van der Waals surface area contributed by atoms with Crippen LogP contribution in [0.25, 0.3) is 0 Å². The molecule has 6 N–H and O–H groups in total. The molecular formula is C9H16N2O6. The summed E-state index contributed by atoms with van der Waals surface area (Å²) in [5.41, 5.74) is 3.00. The Morgan fingerprint density at radius 3 is 2.53 bits per heavy atom. The predicted octanol–water partition coefficient (Wildman–Crippen LogP) is -3.54. The summed E-state index contributed by atoms with van der Waals surface area (Å²) in [6.45, 7) is 0.149. The summed E-state index contributed by atoms with van der Waals surface area (Å²) in [5, 5.41) is 30.9. The van der Waals surface area contributed by atoms with E-state index in [1.165, 1.54) is 6.92 Å². The summed E-state index contributed by atoms with van der Waals surface area (Å²) < 4.78 is 5.02. The third-order valence-corrected chi connectivity index (χ3v) is 2.77. The van der Waals surface area contributed by atoms with Gasteiger partial charge in [0.2, 0.25) is 5.91 Å². The molecule has 0 saturated carbocycles. The van der Waals surface area contributed by atoms with Crippen LogP contribution in [0.2, 0.25) is 0 Å². The summed E-state index contributed by atoms with van der Waals surface area (Å²) in [6, 6.07) is -0.860. The number of carbonyl (C=O) groups excluding carboxylic acids is 2. The van der Waals surface area contributed by atoms with E-state index in [2.05, 4.69) is 5.32 Å². The van der Waals surface area contributed by atoms with Crippen molar-refractivity contribution in [2.45, 2.75) is 30.8 Å². The smallest absolute Gasteiger partial charge is 0.254 e. The number of rotatable bonds is 3. The van der Waals surface area contributed by atoms with Crippen molar-refractivity contribution in [2.75, 3.05) is 13.2 Å².